The topological polar surface area (TPSA) is 49.8 Å². The van der Waals surface area contributed by atoms with E-state index in [2.05, 4.69) is 11.2 Å². The van der Waals surface area contributed by atoms with Crippen molar-refractivity contribution in [2.75, 3.05) is 0 Å². The lowest BCUT2D eigenvalue weighted by Crippen LogP contribution is -1.99. The molecule has 1 aromatic rings. The minimum atomic E-state index is -0.318. The molecule has 0 aromatic carbocycles. The van der Waals surface area contributed by atoms with Crippen LogP contribution in [0.4, 0.5) is 0 Å². The van der Waals surface area contributed by atoms with Crippen molar-refractivity contribution in [2.45, 2.75) is 25.2 Å². The standard InChI is InChI=1S/C8H8N2O/c1-6-4-7(11-10-6)8(5-9)2-3-8/h4H,2-3H2,1H3. The van der Waals surface area contributed by atoms with E-state index in [0.717, 1.165) is 24.3 Å². The maximum absolute atomic E-state index is 8.78. The van der Waals surface area contributed by atoms with Gasteiger partial charge in [0.2, 0.25) is 0 Å². The average Bonchev–Trinajstić information content (AvgIpc) is 2.70. The maximum Gasteiger partial charge on any atom is 0.157 e. The summed E-state index contributed by atoms with van der Waals surface area (Å²) in [7, 11) is 0. The molecule has 0 radical (unpaired) electrons. The van der Waals surface area contributed by atoms with Crippen molar-refractivity contribution in [1.29, 1.82) is 5.26 Å². The number of rotatable bonds is 1. The zero-order chi connectivity index (χ0) is 7.90. The van der Waals surface area contributed by atoms with Crippen LogP contribution in [-0.2, 0) is 5.41 Å². The maximum atomic E-state index is 8.78. The molecule has 56 valence electrons. The van der Waals surface area contributed by atoms with Crippen LogP contribution in [0, 0.1) is 18.3 Å². The Kier molecular flexibility index (Phi) is 1.08. The molecule has 0 N–H and O–H groups in total. The van der Waals surface area contributed by atoms with Gasteiger partial charge in [-0.15, -0.1) is 0 Å². The van der Waals surface area contributed by atoms with Crippen LogP contribution < -0.4 is 0 Å². The van der Waals surface area contributed by atoms with E-state index in [4.69, 9.17) is 9.78 Å². The van der Waals surface area contributed by atoms with Crippen molar-refractivity contribution in [1.82, 2.24) is 5.16 Å². The van der Waals surface area contributed by atoms with Gasteiger partial charge in [-0.05, 0) is 19.8 Å². The first-order chi connectivity index (χ1) is 5.27. The molecule has 0 saturated heterocycles. The van der Waals surface area contributed by atoms with E-state index in [1.165, 1.54) is 0 Å². The fourth-order valence-corrected chi connectivity index (χ4v) is 1.13. The number of nitriles is 1. The quantitative estimate of drug-likeness (QED) is 0.606. The molecule has 1 aromatic heterocycles. The molecule has 3 nitrogen and oxygen atoms in total. The normalized spacial score (nSPS) is 19.3. The Hall–Kier alpha value is -1.30. The van der Waals surface area contributed by atoms with Gasteiger partial charge in [-0.25, -0.2) is 0 Å². The van der Waals surface area contributed by atoms with E-state index >= 15 is 0 Å². The van der Waals surface area contributed by atoms with E-state index in [-0.39, 0.29) is 5.41 Å². The van der Waals surface area contributed by atoms with E-state index in [0.29, 0.717) is 0 Å². The highest BCUT2D eigenvalue weighted by Gasteiger charge is 2.48. The molecule has 0 amide bonds. The zero-order valence-corrected chi connectivity index (χ0v) is 6.29. The summed E-state index contributed by atoms with van der Waals surface area (Å²) in [4.78, 5) is 0. The van der Waals surface area contributed by atoms with Gasteiger partial charge < -0.3 is 4.52 Å². The van der Waals surface area contributed by atoms with Gasteiger partial charge in [-0.2, -0.15) is 5.26 Å². The van der Waals surface area contributed by atoms with Crippen molar-refractivity contribution in [3.63, 3.8) is 0 Å². The van der Waals surface area contributed by atoms with Crippen LogP contribution in [0.15, 0.2) is 10.6 Å². The summed E-state index contributed by atoms with van der Waals surface area (Å²) in [6.07, 6.45) is 1.83. The predicted molar refractivity (Wildman–Crippen MR) is 37.8 cm³/mol. The average molecular weight is 148 g/mol. The van der Waals surface area contributed by atoms with Crippen LogP contribution in [0.5, 0.6) is 0 Å². The highest BCUT2D eigenvalue weighted by Crippen LogP contribution is 2.47. The highest BCUT2D eigenvalue weighted by molar-refractivity contribution is 5.32. The van der Waals surface area contributed by atoms with Gasteiger partial charge in [-0.1, -0.05) is 5.16 Å². The molecule has 0 aliphatic heterocycles. The fraction of sp³-hybridized carbons (Fsp3) is 0.500. The smallest absolute Gasteiger partial charge is 0.157 e. The second-order valence-corrected chi connectivity index (χ2v) is 3.03. The molecular weight excluding hydrogens is 140 g/mol. The summed E-state index contributed by atoms with van der Waals surface area (Å²) in [5.41, 5.74) is 0.530. The molecule has 1 aliphatic rings. The Labute approximate surface area is 64.6 Å². The lowest BCUT2D eigenvalue weighted by molar-refractivity contribution is 0.367. The molecule has 1 aliphatic carbocycles. The van der Waals surface area contributed by atoms with Crippen LogP contribution >= 0.6 is 0 Å². The number of nitrogens with zero attached hydrogens (tertiary/aromatic N) is 2. The summed E-state index contributed by atoms with van der Waals surface area (Å²) in [6.45, 7) is 1.86. The van der Waals surface area contributed by atoms with Gasteiger partial charge in [0.15, 0.2) is 5.76 Å². The second-order valence-electron chi connectivity index (χ2n) is 3.03. The molecule has 0 atom stereocenters. The largest absolute Gasteiger partial charge is 0.359 e. The molecule has 2 rings (SSSR count). The Morgan fingerprint density at radius 2 is 2.45 bits per heavy atom. The number of hydrogen-bond acceptors (Lipinski definition) is 3. The van der Waals surface area contributed by atoms with Gasteiger partial charge in [-0.3, -0.25) is 0 Å². The van der Waals surface area contributed by atoms with Gasteiger partial charge in [0.25, 0.3) is 0 Å². The third kappa shape index (κ3) is 0.829. The van der Waals surface area contributed by atoms with Crippen LogP contribution in [0.25, 0.3) is 0 Å². The fourth-order valence-electron chi connectivity index (χ4n) is 1.13. The van der Waals surface area contributed by atoms with Crippen LogP contribution in [-0.4, -0.2) is 5.16 Å². The lowest BCUT2D eigenvalue weighted by atomic mass is 10.1. The molecule has 3 heteroatoms. The Morgan fingerprint density at radius 3 is 2.82 bits per heavy atom. The molecule has 0 bridgehead atoms. The van der Waals surface area contributed by atoms with Gasteiger partial charge in [0, 0.05) is 6.07 Å². The second kappa shape index (κ2) is 1.85. The molecule has 1 fully saturated rings. The third-order valence-corrected chi connectivity index (χ3v) is 2.06. The first-order valence-corrected chi connectivity index (χ1v) is 3.62. The molecule has 0 spiro atoms. The summed E-state index contributed by atoms with van der Waals surface area (Å²) < 4.78 is 5.01. The minimum absolute atomic E-state index is 0.318. The number of hydrogen-bond donors (Lipinski definition) is 0. The van der Waals surface area contributed by atoms with E-state index < -0.39 is 0 Å². The molecule has 1 saturated carbocycles. The lowest BCUT2D eigenvalue weighted by Gasteiger charge is -1.94. The van der Waals surface area contributed by atoms with Crippen molar-refractivity contribution in [2.24, 2.45) is 0 Å². The van der Waals surface area contributed by atoms with E-state index in [1.54, 1.807) is 0 Å². The van der Waals surface area contributed by atoms with Crippen molar-refractivity contribution in [3.05, 3.63) is 17.5 Å². The summed E-state index contributed by atoms with van der Waals surface area (Å²) >= 11 is 0. The first kappa shape index (κ1) is 6.41. The molecular formula is C8H8N2O. The number of aromatic nitrogens is 1. The van der Waals surface area contributed by atoms with Crippen molar-refractivity contribution >= 4 is 0 Å². The van der Waals surface area contributed by atoms with Crippen molar-refractivity contribution in [3.8, 4) is 6.07 Å². The summed E-state index contributed by atoms with van der Waals surface area (Å²) in [5.74, 6) is 0.734. The molecule has 0 unspecified atom stereocenters. The molecule has 1 heterocycles. The van der Waals surface area contributed by atoms with Gasteiger partial charge >= 0.3 is 0 Å². The van der Waals surface area contributed by atoms with Crippen molar-refractivity contribution < 1.29 is 4.52 Å². The highest BCUT2D eigenvalue weighted by atomic mass is 16.5. The minimum Gasteiger partial charge on any atom is -0.359 e. The zero-order valence-electron chi connectivity index (χ0n) is 6.29. The van der Waals surface area contributed by atoms with Crippen LogP contribution in [0.2, 0.25) is 0 Å². The number of aryl methyl sites for hydroxylation is 1. The van der Waals surface area contributed by atoms with E-state index in [1.807, 2.05) is 13.0 Å². The van der Waals surface area contributed by atoms with Crippen LogP contribution in [0.3, 0.4) is 0 Å². The first-order valence-electron chi connectivity index (χ1n) is 3.62. The van der Waals surface area contributed by atoms with Crippen LogP contribution in [0.1, 0.15) is 24.3 Å². The van der Waals surface area contributed by atoms with Gasteiger partial charge in [0.1, 0.15) is 5.41 Å². The monoisotopic (exact) mass is 148 g/mol. The SMILES string of the molecule is Cc1cc(C2(C#N)CC2)on1. The Morgan fingerprint density at radius 1 is 1.73 bits per heavy atom. The van der Waals surface area contributed by atoms with Gasteiger partial charge in [0.05, 0.1) is 11.8 Å². The Balaban J connectivity index is 2.38. The molecule has 11 heavy (non-hydrogen) atoms. The predicted octanol–water partition coefficient (Wildman–Crippen LogP) is 1.54. The summed E-state index contributed by atoms with van der Waals surface area (Å²) in [5, 5.41) is 12.5. The van der Waals surface area contributed by atoms with E-state index in [9.17, 15) is 0 Å². The Bertz CT molecular complexity index is 317. The third-order valence-electron chi connectivity index (χ3n) is 2.06. The summed E-state index contributed by atoms with van der Waals surface area (Å²) in [6, 6.07) is 4.09.